The van der Waals surface area contributed by atoms with E-state index in [1.165, 1.54) is 10.9 Å². The molecule has 0 radical (unpaired) electrons. The van der Waals surface area contributed by atoms with Gasteiger partial charge in [-0.05, 0) is 49.2 Å². The van der Waals surface area contributed by atoms with Gasteiger partial charge in [0.1, 0.15) is 0 Å². The number of amides is 1. The van der Waals surface area contributed by atoms with E-state index in [2.05, 4.69) is 4.98 Å². The Morgan fingerprint density at radius 1 is 1.23 bits per heavy atom. The van der Waals surface area contributed by atoms with Gasteiger partial charge in [0.2, 0.25) is 6.41 Å². The second-order valence-electron chi connectivity index (χ2n) is 6.51. The predicted molar refractivity (Wildman–Crippen MR) is 98.6 cm³/mol. The van der Waals surface area contributed by atoms with Crippen molar-refractivity contribution >= 4 is 28.8 Å². The zero-order valence-corrected chi connectivity index (χ0v) is 14.3. The Morgan fingerprint density at radius 3 is 2.88 bits per heavy atom. The Kier molecular flexibility index (Phi) is 3.88. The molecule has 0 unspecified atom stereocenters. The fourth-order valence-electron chi connectivity index (χ4n) is 3.34. The Morgan fingerprint density at radius 2 is 2.08 bits per heavy atom. The number of aryl methyl sites for hydroxylation is 1. The lowest BCUT2D eigenvalue weighted by molar-refractivity contribution is -0.107. The number of nitrogens with zero attached hydrogens (tertiary/aromatic N) is 3. The molecule has 0 aliphatic carbocycles. The maximum atomic E-state index is 12.6. The number of hydrogen-bond donors (Lipinski definition) is 0. The molecule has 0 fully saturated rings. The lowest BCUT2D eigenvalue weighted by atomic mass is 10.0. The summed E-state index contributed by atoms with van der Waals surface area (Å²) in [4.78, 5) is 42.2. The fourth-order valence-corrected chi connectivity index (χ4v) is 3.34. The van der Waals surface area contributed by atoms with Crippen LogP contribution in [0.15, 0.2) is 47.5 Å². The molecule has 6 heteroatoms. The van der Waals surface area contributed by atoms with Gasteiger partial charge in [0.15, 0.2) is 5.78 Å². The molecule has 0 saturated carbocycles. The molecule has 2 aromatic carbocycles. The van der Waals surface area contributed by atoms with E-state index in [1.54, 1.807) is 29.2 Å². The van der Waals surface area contributed by atoms with Crippen LogP contribution in [-0.2, 0) is 17.8 Å². The molecule has 26 heavy (non-hydrogen) atoms. The minimum absolute atomic E-state index is 0.0636. The van der Waals surface area contributed by atoms with Gasteiger partial charge in [0.25, 0.3) is 5.56 Å². The lowest BCUT2D eigenvalue weighted by Crippen LogP contribution is -2.24. The van der Waals surface area contributed by atoms with E-state index in [0.29, 0.717) is 23.0 Å². The number of anilines is 1. The SMILES string of the molecule is Cc1ccc2ncn(CC(=O)c3ccc4c(c3)CCN4C=O)c(=O)c2c1. The van der Waals surface area contributed by atoms with E-state index in [-0.39, 0.29) is 17.9 Å². The van der Waals surface area contributed by atoms with Gasteiger partial charge in [-0.2, -0.15) is 0 Å². The maximum Gasteiger partial charge on any atom is 0.261 e. The highest BCUT2D eigenvalue weighted by Gasteiger charge is 2.20. The molecule has 0 atom stereocenters. The molecule has 130 valence electrons. The minimum atomic E-state index is -0.222. The van der Waals surface area contributed by atoms with E-state index < -0.39 is 0 Å². The number of ketones is 1. The monoisotopic (exact) mass is 347 g/mol. The Bertz CT molecular complexity index is 1100. The van der Waals surface area contributed by atoms with Crippen molar-refractivity contribution in [2.75, 3.05) is 11.4 Å². The zero-order valence-electron chi connectivity index (χ0n) is 14.3. The normalized spacial score (nSPS) is 13.0. The van der Waals surface area contributed by atoms with Crippen molar-refractivity contribution in [3.63, 3.8) is 0 Å². The molecule has 1 aliphatic rings. The molecule has 2 heterocycles. The predicted octanol–water partition coefficient (Wildman–Crippen LogP) is 2.11. The van der Waals surface area contributed by atoms with Crippen molar-refractivity contribution < 1.29 is 9.59 Å². The number of benzene rings is 2. The lowest BCUT2D eigenvalue weighted by Gasteiger charge is -2.11. The number of Topliss-reactive ketones (excluding diaryl/α,β-unsaturated/α-hetero) is 1. The zero-order chi connectivity index (χ0) is 18.3. The average Bonchev–Trinajstić information content (AvgIpc) is 3.06. The van der Waals surface area contributed by atoms with E-state index in [9.17, 15) is 14.4 Å². The second kappa shape index (κ2) is 6.22. The van der Waals surface area contributed by atoms with Crippen molar-refractivity contribution in [2.45, 2.75) is 19.9 Å². The summed E-state index contributed by atoms with van der Waals surface area (Å²) in [7, 11) is 0. The summed E-state index contributed by atoms with van der Waals surface area (Å²) in [5.74, 6) is -0.159. The number of rotatable bonds is 4. The molecule has 0 N–H and O–H groups in total. The molecule has 1 aromatic heterocycles. The van der Waals surface area contributed by atoms with Crippen LogP contribution in [0.2, 0.25) is 0 Å². The quantitative estimate of drug-likeness (QED) is 0.535. The van der Waals surface area contributed by atoms with Gasteiger partial charge in [-0.1, -0.05) is 11.6 Å². The van der Waals surface area contributed by atoms with Crippen molar-refractivity contribution in [1.82, 2.24) is 9.55 Å². The van der Waals surface area contributed by atoms with Crippen molar-refractivity contribution in [2.24, 2.45) is 0 Å². The number of fused-ring (bicyclic) bond motifs is 2. The molecule has 1 amide bonds. The number of carbonyl (C=O) groups excluding carboxylic acids is 2. The maximum absolute atomic E-state index is 12.6. The highest BCUT2D eigenvalue weighted by molar-refractivity contribution is 5.97. The first-order valence-electron chi connectivity index (χ1n) is 8.40. The molecule has 1 aliphatic heterocycles. The van der Waals surface area contributed by atoms with Crippen LogP contribution in [0.1, 0.15) is 21.5 Å². The van der Waals surface area contributed by atoms with Crippen LogP contribution < -0.4 is 10.5 Å². The summed E-state index contributed by atoms with van der Waals surface area (Å²) < 4.78 is 1.34. The summed E-state index contributed by atoms with van der Waals surface area (Å²) in [5, 5.41) is 0.510. The number of carbonyl (C=O) groups is 2. The third-order valence-electron chi connectivity index (χ3n) is 4.75. The van der Waals surface area contributed by atoms with Crippen LogP contribution in [0.25, 0.3) is 10.9 Å². The highest BCUT2D eigenvalue weighted by Crippen LogP contribution is 2.27. The molecule has 0 bridgehead atoms. The Labute approximate surface area is 149 Å². The minimum Gasteiger partial charge on any atom is -0.314 e. The Hall–Kier alpha value is -3.28. The van der Waals surface area contributed by atoms with E-state index in [1.807, 2.05) is 19.1 Å². The first-order valence-corrected chi connectivity index (χ1v) is 8.40. The standard InChI is InChI=1S/C20H17N3O3/c1-13-2-4-17-16(8-13)20(26)23(11-21-17)10-19(25)15-3-5-18-14(9-15)6-7-22(18)12-24/h2-5,8-9,11-12H,6-7,10H2,1H3. The molecular weight excluding hydrogens is 330 g/mol. The average molecular weight is 347 g/mol. The van der Waals surface area contributed by atoms with Gasteiger partial charge in [-0.3, -0.25) is 19.0 Å². The van der Waals surface area contributed by atoms with Gasteiger partial charge in [0.05, 0.1) is 23.8 Å². The van der Waals surface area contributed by atoms with Gasteiger partial charge in [-0.25, -0.2) is 4.98 Å². The van der Waals surface area contributed by atoms with Crippen LogP contribution in [0, 0.1) is 6.92 Å². The largest absolute Gasteiger partial charge is 0.314 e. The van der Waals surface area contributed by atoms with Gasteiger partial charge in [0, 0.05) is 17.8 Å². The van der Waals surface area contributed by atoms with Crippen LogP contribution in [0.5, 0.6) is 0 Å². The van der Waals surface area contributed by atoms with Crippen LogP contribution in [0.3, 0.4) is 0 Å². The van der Waals surface area contributed by atoms with Gasteiger partial charge >= 0.3 is 0 Å². The van der Waals surface area contributed by atoms with Crippen LogP contribution in [-0.4, -0.2) is 28.3 Å². The Balaban J connectivity index is 1.65. The molecule has 6 nitrogen and oxygen atoms in total. The number of hydrogen-bond acceptors (Lipinski definition) is 4. The van der Waals surface area contributed by atoms with Crippen LogP contribution in [0.4, 0.5) is 5.69 Å². The van der Waals surface area contributed by atoms with E-state index in [4.69, 9.17) is 0 Å². The van der Waals surface area contributed by atoms with Crippen LogP contribution >= 0.6 is 0 Å². The van der Waals surface area contributed by atoms with Crippen molar-refractivity contribution in [1.29, 1.82) is 0 Å². The third-order valence-corrected chi connectivity index (χ3v) is 4.75. The fraction of sp³-hybridized carbons (Fsp3) is 0.200. The van der Waals surface area contributed by atoms with Gasteiger partial charge in [-0.15, -0.1) is 0 Å². The third kappa shape index (κ3) is 2.69. The summed E-state index contributed by atoms with van der Waals surface area (Å²) in [5.41, 5.74) is 3.72. The highest BCUT2D eigenvalue weighted by atomic mass is 16.1. The molecular formula is C20H17N3O3. The molecule has 0 saturated heterocycles. The van der Waals surface area contributed by atoms with E-state index >= 15 is 0 Å². The topological polar surface area (TPSA) is 72.3 Å². The first-order chi connectivity index (χ1) is 12.6. The number of aromatic nitrogens is 2. The van der Waals surface area contributed by atoms with Gasteiger partial charge < -0.3 is 4.90 Å². The van der Waals surface area contributed by atoms with Crippen molar-refractivity contribution in [3.8, 4) is 0 Å². The molecule has 3 aromatic rings. The smallest absolute Gasteiger partial charge is 0.261 e. The van der Waals surface area contributed by atoms with E-state index in [0.717, 1.165) is 29.6 Å². The summed E-state index contributed by atoms with van der Waals surface area (Å²) in [6.45, 7) is 2.48. The van der Waals surface area contributed by atoms with Crippen molar-refractivity contribution in [3.05, 3.63) is 69.8 Å². The first kappa shape index (κ1) is 16.2. The molecule has 4 rings (SSSR count). The summed E-state index contributed by atoms with van der Waals surface area (Å²) in [6, 6.07) is 10.8. The molecule has 0 spiro atoms. The second-order valence-corrected chi connectivity index (χ2v) is 6.51. The summed E-state index contributed by atoms with van der Waals surface area (Å²) >= 11 is 0. The summed E-state index contributed by atoms with van der Waals surface area (Å²) in [6.07, 6.45) is 2.95.